The van der Waals surface area contributed by atoms with E-state index in [1.54, 1.807) is 22.7 Å². The van der Waals surface area contributed by atoms with E-state index in [0.29, 0.717) is 12.5 Å². The Hall–Kier alpha value is -2.90. The van der Waals surface area contributed by atoms with Gasteiger partial charge in [-0.05, 0) is 36.6 Å². The molecule has 144 valence electrons. The molecule has 1 aromatic carbocycles. The molecule has 0 saturated heterocycles. The molecule has 3 rings (SSSR count). The van der Waals surface area contributed by atoms with Crippen LogP contribution in [0, 0.1) is 11.7 Å². The van der Waals surface area contributed by atoms with Crippen LogP contribution in [0.15, 0.2) is 30.6 Å². The number of benzene rings is 1. The van der Waals surface area contributed by atoms with Gasteiger partial charge in [0, 0.05) is 30.7 Å². The molecule has 2 amide bonds. The molecule has 0 fully saturated rings. The fourth-order valence-corrected chi connectivity index (χ4v) is 3.16. The zero-order valence-electron chi connectivity index (χ0n) is 16.0. The molecule has 0 aliphatic carbocycles. The van der Waals surface area contributed by atoms with Crippen molar-refractivity contribution in [3.05, 3.63) is 47.9 Å². The number of nitrogens with zero attached hydrogens (tertiary/aromatic N) is 4. The molecule has 0 saturated carbocycles. The average molecular weight is 372 g/mol. The first-order chi connectivity index (χ1) is 12.8. The molecule has 0 radical (unpaired) electrons. The third-order valence-electron chi connectivity index (χ3n) is 4.46. The van der Waals surface area contributed by atoms with Crippen molar-refractivity contribution in [2.75, 3.05) is 7.05 Å². The highest BCUT2D eigenvalue weighted by Crippen LogP contribution is 2.20. The lowest BCUT2D eigenvalue weighted by Gasteiger charge is -2.24. The highest BCUT2D eigenvalue weighted by molar-refractivity contribution is 5.80. The van der Waals surface area contributed by atoms with E-state index in [1.165, 1.54) is 18.5 Å². The lowest BCUT2D eigenvalue weighted by molar-refractivity contribution is 0.199. The quantitative estimate of drug-likeness (QED) is 0.696. The topological polar surface area (TPSA) is 78.8 Å². The summed E-state index contributed by atoms with van der Waals surface area (Å²) in [6, 6.07) is 6.02. The maximum absolute atomic E-state index is 13.3. The van der Waals surface area contributed by atoms with E-state index < -0.39 is 0 Å². The molecular weight excluding hydrogens is 347 g/mol. The van der Waals surface area contributed by atoms with Gasteiger partial charge in [0.05, 0.1) is 12.6 Å². The number of nitrogens with one attached hydrogen (secondary N) is 2. The molecule has 1 atom stereocenters. The van der Waals surface area contributed by atoms with Crippen LogP contribution in [0.4, 0.5) is 9.18 Å². The number of H-pyrrole nitrogens is 1. The van der Waals surface area contributed by atoms with E-state index in [1.807, 2.05) is 13.1 Å². The molecule has 0 aliphatic heterocycles. The standard InChI is InChI=1S/C19H25FN6O/c1-12(2)7-17(18-21-11-22-26(18)4)24-19(27)25(3)10-15-9-13-8-14(20)5-6-16(13)23-15/h5-6,8-9,11-12,17,23H,7,10H2,1-4H3,(H,24,27)/t17-/m1/s1. The number of rotatable bonds is 6. The van der Waals surface area contributed by atoms with Gasteiger partial charge in [0.25, 0.3) is 0 Å². The zero-order chi connectivity index (χ0) is 19.6. The van der Waals surface area contributed by atoms with Crippen molar-refractivity contribution >= 4 is 16.9 Å². The minimum absolute atomic E-state index is 0.200. The highest BCUT2D eigenvalue weighted by atomic mass is 19.1. The maximum atomic E-state index is 13.3. The molecular formula is C19H25FN6O. The monoisotopic (exact) mass is 372 g/mol. The molecule has 7 nitrogen and oxygen atoms in total. The van der Waals surface area contributed by atoms with E-state index in [-0.39, 0.29) is 17.9 Å². The number of carbonyl (C=O) groups excluding carboxylic acids is 1. The van der Waals surface area contributed by atoms with Gasteiger partial charge in [-0.3, -0.25) is 4.68 Å². The number of urea groups is 1. The molecule has 2 aromatic heterocycles. The van der Waals surface area contributed by atoms with Gasteiger partial charge >= 0.3 is 6.03 Å². The average Bonchev–Trinajstić information content (AvgIpc) is 3.18. The largest absolute Gasteiger partial charge is 0.357 e. The Bertz CT molecular complexity index is 931. The predicted molar refractivity (Wildman–Crippen MR) is 101 cm³/mol. The number of aryl methyl sites for hydroxylation is 1. The molecule has 0 bridgehead atoms. The second-order valence-corrected chi connectivity index (χ2v) is 7.26. The van der Waals surface area contributed by atoms with Crippen LogP contribution in [0.5, 0.6) is 0 Å². The van der Waals surface area contributed by atoms with Crippen LogP contribution >= 0.6 is 0 Å². The number of aromatic amines is 1. The zero-order valence-corrected chi connectivity index (χ0v) is 16.0. The van der Waals surface area contributed by atoms with E-state index in [9.17, 15) is 9.18 Å². The van der Waals surface area contributed by atoms with Gasteiger partial charge in [-0.25, -0.2) is 14.2 Å². The van der Waals surface area contributed by atoms with Gasteiger partial charge in [0.2, 0.25) is 0 Å². The van der Waals surface area contributed by atoms with Crippen LogP contribution in [0.3, 0.4) is 0 Å². The smallest absolute Gasteiger partial charge is 0.318 e. The van der Waals surface area contributed by atoms with Crippen LogP contribution in [0.25, 0.3) is 10.9 Å². The van der Waals surface area contributed by atoms with Crippen LogP contribution in [-0.4, -0.2) is 37.7 Å². The van der Waals surface area contributed by atoms with Gasteiger partial charge in [0.1, 0.15) is 18.0 Å². The van der Waals surface area contributed by atoms with Gasteiger partial charge in [-0.1, -0.05) is 13.8 Å². The number of aromatic nitrogens is 4. The molecule has 8 heteroatoms. The Morgan fingerprint density at radius 1 is 1.37 bits per heavy atom. The summed E-state index contributed by atoms with van der Waals surface area (Å²) in [5.41, 5.74) is 1.68. The summed E-state index contributed by atoms with van der Waals surface area (Å²) in [7, 11) is 3.54. The molecule has 0 unspecified atom stereocenters. The first-order valence-electron chi connectivity index (χ1n) is 8.96. The fraction of sp³-hybridized carbons (Fsp3) is 0.421. The minimum Gasteiger partial charge on any atom is -0.357 e. The molecule has 0 aliphatic rings. The maximum Gasteiger partial charge on any atom is 0.318 e. The number of fused-ring (bicyclic) bond motifs is 1. The van der Waals surface area contributed by atoms with Crippen LogP contribution < -0.4 is 5.32 Å². The third kappa shape index (κ3) is 4.45. The lowest BCUT2D eigenvalue weighted by Crippen LogP contribution is -2.40. The number of amides is 2. The number of carbonyl (C=O) groups is 1. The fourth-order valence-electron chi connectivity index (χ4n) is 3.16. The van der Waals surface area contributed by atoms with Crippen molar-refractivity contribution in [2.24, 2.45) is 13.0 Å². The summed E-state index contributed by atoms with van der Waals surface area (Å²) < 4.78 is 15.0. The van der Waals surface area contributed by atoms with Crippen LogP contribution in [0.1, 0.15) is 37.8 Å². The third-order valence-corrected chi connectivity index (χ3v) is 4.46. The number of halogens is 1. The Kier molecular flexibility index (Phi) is 5.43. The normalized spacial score (nSPS) is 12.5. The number of hydrogen-bond donors (Lipinski definition) is 2. The molecule has 2 heterocycles. The lowest BCUT2D eigenvalue weighted by atomic mass is 10.0. The van der Waals surface area contributed by atoms with Gasteiger partial charge in [-0.2, -0.15) is 5.10 Å². The minimum atomic E-state index is -0.278. The Morgan fingerprint density at radius 2 is 2.15 bits per heavy atom. The second kappa shape index (κ2) is 7.77. The Labute approximate surface area is 157 Å². The Balaban J connectivity index is 1.70. The highest BCUT2D eigenvalue weighted by Gasteiger charge is 2.22. The Morgan fingerprint density at radius 3 is 2.81 bits per heavy atom. The molecule has 27 heavy (non-hydrogen) atoms. The van der Waals surface area contributed by atoms with E-state index in [2.05, 4.69) is 34.2 Å². The summed E-state index contributed by atoms with van der Waals surface area (Å²) in [6.07, 6.45) is 2.25. The molecule has 3 aromatic rings. The van der Waals surface area contributed by atoms with Crippen molar-refractivity contribution in [3.63, 3.8) is 0 Å². The van der Waals surface area contributed by atoms with Crippen molar-refractivity contribution < 1.29 is 9.18 Å². The molecule has 0 spiro atoms. The summed E-state index contributed by atoms with van der Waals surface area (Å²) in [5, 5.41) is 7.93. The van der Waals surface area contributed by atoms with E-state index in [4.69, 9.17) is 0 Å². The second-order valence-electron chi connectivity index (χ2n) is 7.26. The van der Waals surface area contributed by atoms with Crippen molar-refractivity contribution in [2.45, 2.75) is 32.9 Å². The van der Waals surface area contributed by atoms with Gasteiger partial charge in [-0.15, -0.1) is 0 Å². The van der Waals surface area contributed by atoms with Crippen LogP contribution in [0.2, 0.25) is 0 Å². The van der Waals surface area contributed by atoms with E-state index >= 15 is 0 Å². The SMILES string of the molecule is CC(C)C[C@@H](NC(=O)N(C)Cc1cc2cc(F)ccc2[nH]1)c1ncnn1C. The summed E-state index contributed by atoms with van der Waals surface area (Å²) in [6.45, 7) is 4.58. The first kappa shape index (κ1) is 18.9. The molecule has 2 N–H and O–H groups in total. The van der Waals surface area contributed by atoms with Gasteiger partial charge < -0.3 is 15.2 Å². The van der Waals surface area contributed by atoms with Crippen molar-refractivity contribution in [1.29, 1.82) is 0 Å². The first-order valence-corrected chi connectivity index (χ1v) is 8.96. The summed E-state index contributed by atoms with van der Waals surface area (Å²) in [5.74, 6) is 0.840. The summed E-state index contributed by atoms with van der Waals surface area (Å²) >= 11 is 0. The van der Waals surface area contributed by atoms with E-state index in [0.717, 1.165) is 28.8 Å². The van der Waals surface area contributed by atoms with Crippen molar-refractivity contribution in [1.82, 2.24) is 30.0 Å². The van der Waals surface area contributed by atoms with Gasteiger partial charge in [0.15, 0.2) is 0 Å². The predicted octanol–water partition coefficient (Wildman–Crippen LogP) is 3.36. The summed E-state index contributed by atoms with van der Waals surface area (Å²) in [4.78, 5) is 21.8. The number of hydrogen-bond acceptors (Lipinski definition) is 3. The van der Waals surface area contributed by atoms with Crippen LogP contribution in [-0.2, 0) is 13.6 Å². The van der Waals surface area contributed by atoms with Crippen molar-refractivity contribution in [3.8, 4) is 0 Å².